The van der Waals surface area contributed by atoms with E-state index in [1.807, 2.05) is 12.1 Å². The van der Waals surface area contributed by atoms with E-state index in [4.69, 9.17) is 4.74 Å². The fourth-order valence-corrected chi connectivity index (χ4v) is 5.26. The Bertz CT molecular complexity index is 961. The quantitative estimate of drug-likeness (QED) is 0.505. The summed E-state index contributed by atoms with van der Waals surface area (Å²) in [5, 5.41) is 0.596. The van der Waals surface area contributed by atoms with Gasteiger partial charge in [0.2, 0.25) is 0 Å². The second kappa shape index (κ2) is 9.60. The summed E-state index contributed by atoms with van der Waals surface area (Å²) in [6.45, 7) is 4.41. The smallest absolute Gasteiger partial charge is 0.270 e. The minimum absolute atomic E-state index is 0. The monoisotopic (exact) mass is 505 g/mol. The fraction of sp³-hybridized carbons (Fsp3) is 0.333. The van der Waals surface area contributed by atoms with E-state index >= 15 is 0 Å². The van der Waals surface area contributed by atoms with Crippen molar-refractivity contribution in [1.82, 2.24) is 9.88 Å². The number of anilines is 1. The molecule has 0 aliphatic carbocycles. The molecular formula is C18H18BrClFN3O2S2. The lowest BCUT2D eigenvalue weighted by atomic mass is 10.3. The molecule has 3 aromatic rings. The van der Waals surface area contributed by atoms with Crippen molar-refractivity contribution in [3.05, 3.63) is 44.8 Å². The van der Waals surface area contributed by atoms with Crippen LogP contribution in [0.1, 0.15) is 9.67 Å². The maximum Gasteiger partial charge on any atom is 0.270 e. The van der Waals surface area contributed by atoms with E-state index < -0.39 is 0 Å². The molecular weight excluding hydrogens is 489 g/mol. The molecule has 10 heteroatoms. The number of hydrogen-bond acceptors (Lipinski definition) is 6. The van der Waals surface area contributed by atoms with Crippen LogP contribution in [0.3, 0.4) is 0 Å². The topological polar surface area (TPSA) is 45.7 Å². The summed E-state index contributed by atoms with van der Waals surface area (Å²) in [5.74, 6) is -0.385. The van der Waals surface area contributed by atoms with Gasteiger partial charge in [0.1, 0.15) is 5.82 Å². The number of hydrogen-bond donors (Lipinski definition) is 0. The van der Waals surface area contributed by atoms with Crippen LogP contribution in [0.15, 0.2) is 34.1 Å². The fourth-order valence-electron chi connectivity index (χ4n) is 2.91. The van der Waals surface area contributed by atoms with Crippen molar-refractivity contribution in [3.8, 4) is 0 Å². The third kappa shape index (κ3) is 4.90. The van der Waals surface area contributed by atoms with Crippen LogP contribution >= 0.6 is 51.0 Å². The van der Waals surface area contributed by atoms with Crippen molar-refractivity contribution in [3.63, 3.8) is 0 Å². The van der Waals surface area contributed by atoms with E-state index in [9.17, 15) is 9.18 Å². The van der Waals surface area contributed by atoms with E-state index in [0.29, 0.717) is 35.3 Å². The number of halogens is 3. The number of thiazole rings is 1. The third-order valence-corrected chi connectivity index (χ3v) is 7.00. The molecule has 1 aliphatic rings. The molecule has 0 unspecified atom stereocenters. The lowest BCUT2D eigenvalue weighted by Gasteiger charge is -2.29. The molecule has 0 N–H and O–H groups in total. The lowest BCUT2D eigenvalue weighted by molar-refractivity contribution is 0.0391. The first-order chi connectivity index (χ1) is 13.1. The normalized spacial score (nSPS) is 14.8. The van der Waals surface area contributed by atoms with Gasteiger partial charge in [-0.25, -0.2) is 9.37 Å². The maximum absolute atomic E-state index is 13.5. The minimum Gasteiger partial charge on any atom is -0.379 e. The third-order valence-electron chi connectivity index (χ3n) is 4.34. The van der Waals surface area contributed by atoms with Gasteiger partial charge in [0.15, 0.2) is 5.13 Å². The molecule has 4 rings (SSSR count). The summed E-state index contributed by atoms with van der Waals surface area (Å²) in [5.41, 5.74) is 0.702. The van der Waals surface area contributed by atoms with Gasteiger partial charge in [0, 0.05) is 26.2 Å². The van der Waals surface area contributed by atoms with Gasteiger partial charge in [0.05, 0.1) is 32.1 Å². The summed E-state index contributed by atoms with van der Waals surface area (Å²) >= 11 is 6.15. The van der Waals surface area contributed by atoms with E-state index in [1.165, 1.54) is 34.8 Å². The zero-order valence-electron chi connectivity index (χ0n) is 14.8. The number of amides is 1. The second-order valence-electron chi connectivity index (χ2n) is 6.12. The molecule has 0 radical (unpaired) electrons. The maximum atomic E-state index is 13.5. The summed E-state index contributed by atoms with van der Waals surface area (Å²) in [6.07, 6.45) is 0. The van der Waals surface area contributed by atoms with Crippen LogP contribution in [-0.4, -0.2) is 55.2 Å². The molecule has 28 heavy (non-hydrogen) atoms. The van der Waals surface area contributed by atoms with Crippen LogP contribution in [0.5, 0.6) is 0 Å². The highest BCUT2D eigenvalue weighted by molar-refractivity contribution is 9.11. The highest BCUT2D eigenvalue weighted by Crippen LogP contribution is 2.32. The van der Waals surface area contributed by atoms with Gasteiger partial charge in [0.25, 0.3) is 5.91 Å². The number of aromatic nitrogens is 1. The molecule has 1 amide bonds. The van der Waals surface area contributed by atoms with Gasteiger partial charge < -0.3 is 4.74 Å². The Morgan fingerprint density at radius 3 is 2.75 bits per heavy atom. The molecule has 3 heterocycles. The predicted octanol–water partition coefficient (Wildman–Crippen LogP) is 4.66. The van der Waals surface area contributed by atoms with Crippen molar-refractivity contribution in [2.75, 3.05) is 44.3 Å². The first-order valence-electron chi connectivity index (χ1n) is 8.53. The first kappa shape index (κ1) is 21.6. The van der Waals surface area contributed by atoms with E-state index in [0.717, 1.165) is 28.1 Å². The van der Waals surface area contributed by atoms with Gasteiger partial charge >= 0.3 is 0 Å². The minimum atomic E-state index is -0.300. The Kier molecular flexibility index (Phi) is 7.41. The average molecular weight is 507 g/mol. The standard InChI is InChI=1S/C18H17BrFN3O2S2.ClH/c19-16-4-3-14(26-16)17(24)23(6-5-22-7-9-25-10-8-22)18-21-13-2-1-12(20)11-15(13)27-18;/h1-4,11H,5-10H2;1H. The van der Waals surface area contributed by atoms with Crippen LogP contribution in [0.25, 0.3) is 10.2 Å². The molecule has 1 saturated heterocycles. The molecule has 2 aromatic heterocycles. The van der Waals surface area contributed by atoms with Crippen LogP contribution in [0, 0.1) is 5.82 Å². The molecule has 1 aliphatic heterocycles. The number of nitrogens with zero attached hydrogens (tertiary/aromatic N) is 3. The Morgan fingerprint density at radius 1 is 1.25 bits per heavy atom. The second-order valence-corrected chi connectivity index (χ2v) is 9.60. The largest absolute Gasteiger partial charge is 0.379 e. The van der Waals surface area contributed by atoms with Crippen molar-refractivity contribution < 1.29 is 13.9 Å². The Morgan fingerprint density at radius 2 is 2.04 bits per heavy atom. The summed E-state index contributed by atoms with van der Waals surface area (Å²) in [7, 11) is 0. The number of morpholine rings is 1. The highest BCUT2D eigenvalue weighted by Gasteiger charge is 2.24. The molecule has 0 atom stereocenters. The number of ether oxygens (including phenoxy) is 1. The van der Waals surface area contributed by atoms with Gasteiger partial charge in [-0.2, -0.15) is 0 Å². The first-order valence-corrected chi connectivity index (χ1v) is 11.0. The number of carbonyl (C=O) groups excluding carboxylic acids is 1. The van der Waals surface area contributed by atoms with Crippen LogP contribution < -0.4 is 4.90 Å². The number of benzene rings is 1. The van der Waals surface area contributed by atoms with E-state index in [1.54, 1.807) is 11.0 Å². The molecule has 0 saturated carbocycles. The summed E-state index contributed by atoms with van der Waals surface area (Å²) < 4.78 is 20.6. The molecule has 150 valence electrons. The predicted molar refractivity (Wildman–Crippen MR) is 118 cm³/mol. The number of thiophene rings is 1. The van der Waals surface area contributed by atoms with Crippen LogP contribution in [0.2, 0.25) is 0 Å². The Hall–Kier alpha value is -1.10. The van der Waals surface area contributed by atoms with E-state index in [-0.39, 0.29) is 24.1 Å². The van der Waals surface area contributed by atoms with Crippen LogP contribution in [-0.2, 0) is 4.74 Å². The van der Waals surface area contributed by atoms with Gasteiger partial charge in [-0.3, -0.25) is 14.6 Å². The number of carbonyl (C=O) groups is 1. The Balaban J connectivity index is 0.00000225. The van der Waals surface area contributed by atoms with Crippen molar-refractivity contribution in [2.24, 2.45) is 0 Å². The van der Waals surface area contributed by atoms with E-state index in [2.05, 4.69) is 25.8 Å². The van der Waals surface area contributed by atoms with Crippen molar-refractivity contribution in [1.29, 1.82) is 0 Å². The zero-order valence-corrected chi connectivity index (χ0v) is 18.8. The highest BCUT2D eigenvalue weighted by atomic mass is 79.9. The average Bonchev–Trinajstić information content (AvgIpc) is 3.28. The lowest BCUT2D eigenvalue weighted by Crippen LogP contribution is -2.43. The molecule has 0 bridgehead atoms. The zero-order chi connectivity index (χ0) is 18.8. The summed E-state index contributed by atoms with van der Waals surface area (Å²) in [6, 6.07) is 8.18. The molecule has 5 nitrogen and oxygen atoms in total. The van der Waals surface area contributed by atoms with Gasteiger partial charge in [-0.1, -0.05) is 11.3 Å². The Labute approximate surface area is 184 Å². The van der Waals surface area contributed by atoms with Crippen molar-refractivity contribution in [2.45, 2.75) is 0 Å². The molecule has 1 fully saturated rings. The number of fused-ring (bicyclic) bond motifs is 1. The van der Waals surface area contributed by atoms with Gasteiger partial charge in [-0.15, -0.1) is 23.7 Å². The van der Waals surface area contributed by atoms with Crippen LogP contribution in [0.4, 0.5) is 9.52 Å². The SMILES string of the molecule is Cl.O=C(c1ccc(Br)s1)N(CCN1CCOCC1)c1nc2ccc(F)cc2s1. The number of rotatable bonds is 5. The molecule has 1 aromatic carbocycles. The van der Waals surface area contributed by atoms with Crippen molar-refractivity contribution >= 4 is 72.3 Å². The summed E-state index contributed by atoms with van der Waals surface area (Å²) in [4.78, 5) is 22.3. The van der Waals surface area contributed by atoms with Gasteiger partial charge in [-0.05, 0) is 46.3 Å². The molecule has 0 spiro atoms.